The molecule has 0 saturated carbocycles. The monoisotopic (exact) mass is 636 g/mol. The maximum absolute atomic E-state index is 5.18. The van der Waals surface area contributed by atoms with Crippen LogP contribution in [-0.4, -0.2) is 6.21 Å². The number of hydrogen-bond donors (Lipinski definition) is 1. The van der Waals surface area contributed by atoms with Crippen molar-refractivity contribution in [3.8, 4) is 33.4 Å². The zero-order valence-electron chi connectivity index (χ0n) is 27.3. The Balaban J connectivity index is 1.04. The van der Waals surface area contributed by atoms with E-state index in [-0.39, 0.29) is 6.17 Å². The molecule has 2 heteroatoms. The third-order valence-corrected chi connectivity index (χ3v) is 10.3. The smallest absolute Gasteiger partial charge is 0.144 e. The molecule has 1 aliphatic carbocycles. The zero-order chi connectivity index (χ0) is 33.0. The van der Waals surface area contributed by atoms with Crippen LogP contribution < -0.4 is 5.32 Å². The van der Waals surface area contributed by atoms with Crippen molar-refractivity contribution in [3.63, 3.8) is 0 Å². The molecule has 0 fully saturated rings. The Morgan fingerprint density at radius 2 is 1.14 bits per heavy atom. The van der Waals surface area contributed by atoms with Gasteiger partial charge in [0.1, 0.15) is 6.17 Å². The third kappa shape index (κ3) is 4.69. The number of para-hydroxylation sites is 1. The molecule has 1 atom stereocenters. The first-order valence-corrected chi connectivity index (χ1v) is 17.2. The topological polar surface area (TPSA) is 24.4 Å². The Labute approximate surface area is 291 Å². The van der Waals surface area contributed by atoms with E-state index in [1.165, 1.54) is 76.5 Å². The fraction of sp³-hybridized carbons (Fsp3) is 0.0208. The summed E-state index contributed by atoms with van der Waals surface area (Å²) in [5.74, 6) is 0. The highest BCUT2D eigenvalue weighted by Crippen LogP contribution is 2.48. The van der Waals surface area contributed by atoms with Crippen LogP contribution in [0.1, 0.15) is 17.3 Å². The van der Waals surface area contributed by atoms with Crippen LogP contribution in [0.5, 0.6) is 0 Å². The van der Waals surface area contributed by atoms with Gasteiger partial charge in [-0.2, -0.15) is 0 Å². The lowest BCUT2D eigenvalue weighted by Crippen LogP contribution is -2.09. The second kappa shape index (κ2) is 11.6. The molecule has 0 radical (unpaired) electrons. The molecule has 0 heterocycles. The minimum atomic E-state index is -0.263. The first-order chi connectivity index (χ1) is 24.8. The van der Waals surface area contributed by atoms with Gasteiger partial charge >= 0.3 is 0 Å². The molecule has 0 saturated heterocycles. The molecule has 0 spiro atoms. The Hall–Kier alpha value is -6.51. The zero-order valence-corrected chi connectivity index (χ0v) is 27.3. The second-order valence-electron chi connectivity index (χ2n) is 13.2. The number of rotatable bonds is 6. The molecule has 234 valence electrons. The van der Waals surface area contributed by atoms with Crippen molar-refractivity contribution in [1.82, 2.24) is 0 Å². The van der Waals surface area contributed by atoms with Gasteiger partial charge in [-0.25, -0.2) is 0 Å². The van der Waals surface area contributed by atoms with Crippen molar-refractivity contribution in [2.24, 2.45) is 4.99 Å². The summed E-state index contributed by atoms with van der Waals surface area (Å²) < 4.78 is 0. The lowest BCUT2D eigenvalue weighted by molar-refractivity contribution is 0.844. The minimum absolute atomic E-state index is 0.263. The summed E-state index contributed by atoms with van der Waals surface area (Å²) in [6.45, 7) is 0. The average Bonchev–Trinajstić information content (AvgIpc) is 3.50. The van der Waals surface area contributed by atoms with E-state index in [4.69, 9.17) is 4.99 Å². The molecule has 10 rings (SSSR count). The van der Waals surface area contributed by atoms with Crippen molar-refractivity contribution in [3.05, 3.63) is 187 Å². The van der Waals surface area contributed by atoms with Crippen LogP contribution in [0.25, 0.3) is 76.5 Å². The van der Waals surface area contributed by atoms with Crippen LogP contribution in [0, 0.1) is 0 Å². The predicted octanol–water partition coefficient (Wildman–Crippen LogP) is 12.8. The lowest BCUT2D eigenvalue weighted by atomic mass is 9.89. The quantitative estimate of drug-likeness (QED) is 0.110. The molecule has 2 nitrogen and oxygen atoms in total. The Morgan fingerprint density at radius 3 is 1.96 bits per heavy atom. The van der Waals surface area contributed by atoms with Gasteiger partial charge in [-0.1, -0.05) is 152 Å². The van der Waals surface area contributed by atoms with E-state index >= 15 is 0 Å². The third-order valence-electron chi connectivity index (χ3n) is 10.3. The number of benzene rings is 9. The van der Waals surface area contributed by atoms with Gasteiger partial charge in [-0.3, -0.25) is 4.99 Å². The Morgan fingerprint density at radius 1 is 0.440 bits per heavy atom. The van der Waals surface area contributed by atoms with Crippen LogP contribution in [-0.2, 0) is 0 Å². The molecule has 0 aromatic heterocycles. The van der Waals surface area contributed by atoms with Crippen LogP contribution in [0.4, 0.5) is 5.69 Å². The standard InChI is InChI=1S/C48H32N2/c1-2-14-37(15-3-1)50-48(36-25-26-40-41-18-8-12-33-13-9-19-42(47(33)41)45(40)29-36)49-30-31-20-22-34(23-21-31)46-39-17-7-5-11-35(39)28-44-38-16-6-4-10-32(38)24-27-43(44)46/h1-30,48,50H. The Kier molecular flexibility index (Phi) is 6.60. The van der Waals surface area contributed by atoms with Crippen LogP contribution in [0.3, 0.4) is 0 Å². The van der Waals surface area contributed by atoms with Gasteiger partial charge in [0.25, 0.3) is 0 Å². The average molecular weight is 637 g/mol. The summed E-state index contributed by atoms with van der Waals surface area (Å²) >= 11 is 0. The van der Waals surface area contributed by atoms with Gasteiger partial charge in [-0.15, -0.1) is 0 Å². The van der Waals surface area contributed by atoms with E-state index in [0.29, 0.717) is 0 Å². The molecule has 0 bridgehead atoms. The van der Waals surface area contributed by atoms with Gasteiger partial charge in [0.2, 0.25) is 0 Å². The van der Waals surface area contributed by atoms with Gasteiger partial charge in [0, 0.05) is 11.9 Å². The lowest BCUT2D eigenvalue weighted by Gasteiger charge is -2.18. The molecule has 1 aliphatic rings. The predicted molar refractivity (Wildman–Crippen MR) is 213 cm³/mol. The molecule has 50 heavy (non-hydrogen) atoms. The number of nitrogens with one attached hydrogen (secondary N) is 1. The van der Waals surface area contributed by atoms with Gasteiger partial charge in [0.15, 0.2) is 0 Å². The van der Waals surface area contributed by atoms with E-state index < -0.39 is 0 Å². The number of hydrogen-bond acceptors (Lipinski definition) is 2. The van der Waals surface area contributed by atoms with E-state index in [9.17, 15) is 0 Å². The van der Waals surface area contributed by atoms with Gasteiger partial charge < -0.3 is 5.32 Å². The Bertz CT molecular complexity index is 2770. The molecule has 9 aromatic carbocycles. The highest BCUT2D eigenvalue weighted by atomic mass is 15.1. The number of aliphatic imine (C=N–C) groups is 1. The van der Waals surface area contributed by atoms with Crippen molar-refractivity contribution in [1.29, 1.82) is 0 Å². The molecular formula is C48H32N2. The largest absolute Gasteiger partial charge is 0.360 e. The number of nitrogens with zero attached hydrogens (tertiary/aromatic N) is 1. The van der Waals surface area contributed by atoms with Crippen molar-refractivity contribution in [2.75, 3.05) is 5.32 Å². The molecular weight excluding hydrogens is 605 g/mol. The normalized spacial score (nSPS) is 12.6. The summed E-state index contributed by atoms with van der Waals surface area (Å²) in [4.78, 5) is 5.18. The van der Waals surface area contributed by atoms with Crippen molar-refractivity contribution in [2.45, 2.75) is 6.17 Å². The highest BCUT2D eigenvalue weighted by molar-refractivity contribution is 6.20. The first kappa shape index (κ1) is 28.5. The maximum atomic E-state index is 5.18. The summed E-state index contributed by atoms with van der Waals surface area (Å²) in [6.07, 6.45) is 1.74. The van der Waals surface area contributed by atoms with Gasteiger partial charge in [-0.05, 0) is 112 Å². The minimum Gasteiger partial charge on any atom is -0.360 e. The summed E-state index contributed by atoms with van der Waals surface area (Å²) in [6, 6.07) is 63.5. The van der Waals surface area contributed by atoms with E-state index in [2.05, 4.69) is 175 Å². The van der Waals surface area contributed by atoms with E-state index in [1.54, 1.807) is 0 Å². The fourth-order valence-corrected chi connectivity index (χ4v) is 7.91. The first-order valence-electron chi connectivity index (χ1n) is 17.2. The molecule has 0 aliphatic heterocycles. The molecule has 1 unspecified atom stereocenters. The van der Waals surface area contributed by atoms with Crippen molar-refractivity contribution >= 4 is 55.0 Å². The molecule has 1 N–H and O–H groups in total. The second-order valence-corrected chi connectivity index (χ2v) is 13.2. The summed E-state index contributed by atoms with van der Waals surface area (Å²) in [5.41, 5.74) is 10.8. The van der Waals surface area contributed by atoms with E-state index in [1.807, 2.05) is 12.3 Å². The summed E-state index contributed by atoms with van der Waals surface area (Å²) in [7, 11) is 0. The van der Waals surface area contributed by atoms with Crippen LogP contribution in [0.2, 0.25) is 0 Å². The maximum Gasteiger partial charge on any atom is 0.144 e. The molecule has 0 amide bonds. The number of anilines is 1. The van der Waals surface area contributed by atoms with Crippen molar-refractivity contribution < 1.29 is 0 Å². The molecule has 9 aromatic rings. The SMILES string of the molecule is C(=NC(Nc1ccccc1)c1ccc2c(c1)-c1cccc3cccc-2c13)c1ccc(-c2c3ccccc3cc3c2ccc2ccccc23)cc1. The van der Waals surface area contributed by atoms with Crippen LogP contribution >= 0.6 is 0 Å². The fourth-order valence-electron chi connectivity index (χ4n) is 7.91. The number of fused-ring (bicyclic) bond motifs is 7. The highest BCUT2D eigenvalue weighted by Gasteiger charge is 2.23. The summed E-state index contributed by atoms with van der Waals surface area (Å²) in [5, 5.41) is 13.9. The van der Waals surface area contributed by atoms with E-state index in [0.717, 1.165) is 16.8 Å². The van der Waals surface area contributed by atoms with Gasteiger partial charge in [0.05, 0.1) is 0 Å². The van der Waals surface area contributed by atoms with Crippen LogP contribution in [0.15, 0.2) is 181 Å².